The number of hydrogen-bond acceptors (Lipinski definition) is 9. The van der Waals surface area contributed by atoms with Crippen molar-refractivity contribution in [3.63, 3.8) is 0 Å². The highest BCUT2D eigenvalue weighted by atomic mass is 35.5. The summed E-state index contributed by atoms with van der Waals surface area (Å²) in [5, 5.41) is 5.11. The number of nitrogens with zero attached hydrogens (tertiary/aromatic N) is 3. The molecule has 1 fully saturated rings. The Morgan fingerprint density at radius 2 is 1.80 bits per heavy atom. The van der Waals surface area contributed by atoms with Crippen LogP contribution in [0.5, 0.6) is 11.5 Å². The molecule has 3 heterocycles. The monoisotopic (exact) mass is 494 g/mol. The van der Waals surface area contributed by atoms with Crippen LogP contribution >= 0.6 is 11.6 Å². The van der Waals surface area contributed by atoms with E-state index in [1.807, 2.05) is 36.4 Å². The molecule has 0 amide bonds. The van der Waals surface area contributed by atoms with E-state index in [-0.39, 0.29) is 6.17 Å². The highest BCUT2D eigenvalue weighted by molar-refractivity contribution is 6.35. The normalized spacial score (nSPS) is 13.9. The fourth-order valence-electron chi connectivity index (χ4n) is 4.33. The molecule has 0 saturated carbocycles. The van der Waals surface area contributed by atoms with Crippen molar-refractivity contribution in [3.05, 3.63) is 65.1 Å². The van der Waals surface area contributed by atoms with E-state index in [0.717, 1.165) is 50.7 Å². The summed E-state index contributed by atoms with van der Waals surface area (Å²) in [5.41, 5.74) is 16.5. The Balaban J connectivity index is 1.32. The summed E-state index contributed by atoms with van der Waals surface area (Å²) in [7, 11) is 3.32. The number of fused-ring (bicyclic) bond motifs is 1. The van der Waals surface area contributed by atoms with Crippen molar-refractivity contribution >= 4 is 28.3 Å². The third-order valence-electron chi connectivity index (χ3n) is 6.04. The predicted octanol–water partition coefficient (Wildman–Crippen LogP) is 3.31. The minimum absolute atomic E-state index is 0.122. The van der Waals surface area contributed by atoms with E-state index in [2.05, 4.69) is 54.8 Å². The molecule has 0 atom stereocenters. The van der Waals surface area contributed by atoms with Gasteiger partial charge in [-0.25, -0.2) is 20.8 Å². The molecule has 0 bridgehead atoms. The third kappa shape index (κ3) is 4.62. The topological polar surface area (TPSA) is 109 Å². The van der Waals surface area contributed by atoms with Crippen LogP contribution in [0.2, 0.25) is 5.02 Å². The largest absolute Gasteiger partial charge is 0.496 e. The SMILES string of the molecule is COc1cc(-c2cc(NCCn3c(C)cc4c(OC)ccc(Cl)c43)ncn2)ccc1C1NNNN1. The summed E-state index contributed by atoms with van der Waals surface area (Å²) >= 11 is 6.52. The molecular weight excluding hydrogens is 468 g/mol. The van der Waals surface area contributed by atoms with E-state index in [1.165, 1.54) is 0 Å². The quantitative estimate of drug-likeness (QED) is 0.252. The molecule has 1 aliphatic heterocycles. The lowest BCUT2D eigenvalue weighted by atomic mass is 10.1. The van der Waals surface area contributed by atoms with Crippen molar-refractivity contribution in [1.82, 2.24) is 36.5 Å². The van der Waals surface area contributed by atoms with Crippen molar-refractivity contribution in [2.24, 2.45) is 0 Å². The number of hydrogen-bond donors (Lipinski definition) is 5. The zero-order valence-electron chi connectivity index (χ0n) is 19.6. The van der Waals surface area contributed by atoms with E-state index in [4.69, 9.17) is 21.1 Å². The molecule has 1 saturated heterocycles. The minimum atomic E-state index is -0.122. The van der Waals surface area contributed by atoms with Gasteiger partial charge in [-0.05, 0) is 31.2 Å². The van der Waals surface area contributed by atoms with E-state index in [0.29, 0.717) is 18.1 Å². The zero-order valence-corrected chi connectivity index (χ0v) is 20.4. The van der Waals surface area contributed by atoms with Crippen molar-refractivity contribution in [2.45, 2.75) is 19.6 Å². The maximum absolute atomic E-state index is 6.52. The Bertz CT molecular complexity index is 1350. The standard InChI is InChI=1S/C24H27ClN8O2/c1-14-10-17-20(34-2)7-6-18(25)23(17)33(14)9-8-26-22-12-19(27-13-28-22)15-4-5-16(21(11-15)35-3)24-29-31-32-30-24/h4-7,10-13,24,29-32H,8-9H2,1-3H3,(H,26,27,28). The minimum Gasteiger partial charge on any atom is -0.496 e. The van der Waals surface area contributed by atoms with Crippen LogP contribution in [0, 0.1) is 6.92 Å². The van der Waals surface area contributed by atoms with Gasteiger partial charge >= 0.3 is 0 Å². The molecule has 2 aromatic heterocycles. The number of anilines is 1. The number of benzene rings is 2. The Hall–Kier alpha value is -3.41. The van der Waals surface area contributed by atoms with Gasteiger partial charge in [0.1, 0.15) is 29.8 Å². The van der Waals surface area contributed by atoms with E-state index in [1.54, 1.807) is 20.5 Å². The summed E-state index contributed by atoms with van der Waals surface area (Å²) in [6.07, 6.45) is 1.44. The van der Waals surface area contributed by atoms with Crippen LogP contribution < -0.4 is 36.7 Å². The highest BCUT2D eigenvalue weighted by Gasteiger charge is 2.20. The number of ether oxygens (including phenoxy) is 2. The maximum atomic E-state index is 6.52. The average molecular weight is 495 g/mol. The van der Waals surface area contributed by atoms with Crippen LogP contribution in [0.15, 0.2) is 48.8 Å². The van der Waals surface area contributed by atoms with Gasteiger partial charge in [0, 0.05) is 41.4 Å². The summed E-state index contributed by atoms with van der Waals surface area (Å²) in [5.74, 6) is 2.30. The molecule has 11 heteroatoms. The van der Waals surface area contributed by atoms with Crippen LogP contribution in [0.4, 0.5) is 5.82 Å². The number of rotatable bonds is 8. The van der Waals surface area contributed by atoms with Crippen molar-refractivity contribution in [1.29, 1.82) is 0 Å². The molecule has 1 aliphatic rings. The van der Waals surface area contributed by atoms with E-state index in [9.17, 15) is 0 Å². The number of halogens is 1. The molecule has 5 N–H and O–H groups in total. The molecule has 0 unspecified atom stereocenters. The first-order chi connectivity index (χ1) is 17.1. The lowest BCUT2D eigenvalue weighted by molar-refractivity contribution is 0.398. The van der Waals surface area contributed by atoms with Gasteiger partial charge in [-0.15, -0.1) is 0 Å². The van der Waals surface area contributed by atoms with Crippen molar-refractivity contribution in [2.75, 3.05) is 26.1 Å². The van der Waals surface area contributed by atoms with Gasteiger partial charge in [0.05, 0.1) is 30.5 Å². The summed E-state index contributed by atoms with van der Waals surface area (Å²) < 4.78 is 13.3. The molecule has 2 aromatic carbocycles. The fourth-order valence-corrected chi connectivity index (χ4v) is 4.60. The van der Waals surface area contributed by atoms with Crippen molar-refractivity contribution in [3.8, 4) is 22.8 Å². The predicted molar refractivity (Wildman–Crippen MR) is 136 cm³/mol. The fraction of sp³-hybridized carbons (Fsp3) is 0.250. The van der Waals surface area contributed by atoms with Gasteiger partial charge in [-0.3, -0.25) is 0 Å². The number of nitrogens with one attached hydrogen (secondary N) is 5. The Labute approximate surface area is 207 Å². The zero-order chi connectivity index (χ0) is 24.4. The van der Waals surface area contributed by atoms with E-state index < -0.39 is 0 Å². The Morgan fingerprint density at radius 3 is 2.57 bits per heavy atom. The second-order valence-electron chi connectivity index (χ2n) is 8.09. The van der Waals surface area contributed by atoms with Gasteiger partial charge in [-0.1, -0.05) is 23.7 Å². The number of hydrazine groups is 3. The number of aryl methyl sites for hydroxylation is 1. The molecule has 0 aliphatic carbocycles. The first-order valence-corrected chi connectivity index (χ1v) is 11.5. The molecule has 4 aromatic rings. The molecule has 182 valence electrons. The van der Waals surface area contributed by atoms with Crippen LogP contribution in [0.1, 0.15) is 17.4 Å². The second kappa shape index (κ2) is 10.1. The summed E-state index contributed by atoms with van der Waals surface area (Å²) in [6.45, 7) is 3.45. The third-order valence-corrected chi connectivity index (χ3v) is 6.35. The first kappa shape index (κ1) is 23.3. The Kier molecular flexibility index (Phi) is 6.71. The van der Waals surface area contributed by atoms with Crippen LogP contribution in [0.25, 0.3) is 22.2 Å². The number of methoxy groups -OCH3 is 2. The molecule has 0 radical (unpaired) electrons. The average Bonchev–Trinajstić information content (AvgIpc) is 3.53. The van der Waals surface area contributed by atoms with Gasteiger partial charge < -0.3 is 19.4 Å². The summed E-state index contributed by atoms with van der Waals surface area (Å²) in [4.78, 5) is 8.85. The Morgan fingerprint density at radius 1 is 1.00 bits per heavy atom. The van der Waals surface area contributed by atoms with Crippen LogP contribution in [0.3, 0.4) is 0 Å². The van der Waals surface area contributed by atoms with Gasteiger partial charge in [0.25, 0.3) is 0 Å². The number of aromatic nitrogens is 3. The summed E-state index contributed by atoms with van der Waals surface area (Å²) in [6, 6.07) is 13.8. The van der Waals surface area contributed by atoms with Crippen LogP contribution in [-0.2, 0) is 6.54 Å². The van der Waals surface area contributed by atoms with Crippen molar-refractivity contribution < 1.29 is 9.47 Å². The maximum Gasteiger partial charge on any atom is 0.130 e. The smallest absolute Gasteiger partial charge is 0.130 e. The van der Waals surface area contributed by atoms with Gasteiger partial charge in [0.2, 0.25) is 0 Å². The molecular formula is C24H27ClN8O2. The molecule has 0 spiro atoms. The lowest BCUT2D eigenvalue weighted by Crippen LogP contribution is -2.33. The van der Waals surface area contributed by atoms with Gasteiger partial charge in [0.15, 0.2) is 0 Å². The lowest BCUT2D eigenvalue weighted by Gasteiger charge is -2.15. The molecule has 5 rings (SSSR count). The van der Waals surface area contributed by atoms with Gasteiger partial charge in [-0.2, -0.15) is 11.1 Å². The molecule has 10 nitrogen and oxygen atoms in total. The first-order valence-electron chi connectivity index (χ1n) is 11.2. The second-order valence-corrected chi connectivity index (χ2v) is 8.50. The highest BCUT2D eigenvalue weighted by Crippen LogP contribution is 2.34. The van der Waals surface area contributed by atoms with E-state index >= 15 is 0 Å². The van der Waals surface area contributed by atoms with Crippen LogP contribution in [-0.4, -0.2) is 35.3 Å². The molecule has 35 heavy (non-hydrogen) atoms.